The fraction of sp³-hybridized carbons (Fsp3) is 0. The van der Waals surface area contributed by atoms with E-state index in [1.165, 1.54) is 134 Å². The standard InChI is InChI=1S/C64H39NSe/c1-3-19-40(20-4-1)59-44-24-7-11-28-48(44)61(49-29-12-8-25-45(49)59)52-32-18-36-58-63(52)54-34-17-33-53(64(54)66-58)62-50-30-13-9-26-46(50)60(47-27-10-14-31-51(47)62)41-37-38-57-55(39-41)43-23-15-16-35-56(43)65(57)42-21-5-2-6-22-42/h1-39H. The van der Waals surface area contributed by atoms with E-state index in [1.807, 2.05) is 0 Å². The van der Waals surface area contributed by atoms with Crippen molar-refractivity contribution in [2.24, 2.45) is 0 Å². The zero-order valence-electron chi connectivity index (χ0n) is 35.9. The van der Waals surface area contributed by atoms with Gasteiger partial charge in [0.15, 0.2) is 0 Å². The van der Waals surface area contributed by atoms with Gasteiger partial charge < -0.3 is 0 Å². The minimum absolute atomic E-state index is 0.0890. The molecule has 0 aliphatic rings. The van der Waals surface area contributed by atoms with Crippen molar-refractivity contribution in [1.82, 2.24) is 4.57 Å². The van der Waals surface area contributed by atoms with Crippen molar-refractivity contribution in [2.75, 3.05) is 0 Å². The van der Waals surface area contributed by atoms with E-state index in [4.69, 9.17) is 0 Å². The fourth-order valence-corrected chi connectivity index (χ4v) is 13.9. The van der Waals surface area contributed by atoms with Crippen LogP contribution in [-0.4, -0.2) is 19.1 Å². The minimum atomic E-state index is 0.0890. The third-order valence-electron chi connectivity index (χ3n) is 14.0. The average Bonchev–Trinajstić information content (AvgIpc) is 3.94. The second-order valence-corrected chi connectivity index (χ2v) is 19.6. The Bertz CT molecular complexity index is 4160. The summed E-state index contributed by atoms with van der Waals surface area (Å²) in [6.07, 6.45) is 0. The molecule has 0 spiro atoms. The van der Waals surface area contributed by atoms with Crippen LogP contribution in [0, 0.1) is 0 Å². The first-order valence-corrected chi connectivity index (χ1v) is 24.5. The summed E-state index contributed by atoms with van der Waals surface area (Å²) in [6, 6.07) is 88.1. The Balaban J connectivity index is 1.02. The van der Waals surface area contributed by atoms with Crippen LogP contribution in [0.1, 0.15) is 0 Å². The summed E-state index contributed by atoms with van der Waals surface area (Å²) in [5.41, 5.74) is 13.9. The number of aromatic nitrogens is 1. The van der Waals surface area contributed by atoms with Gasteiger partial charge in [0.25, 0.3) is 0 Å². The molecule has 0 N–H and O–H groups in total. The van der Waals surface area contributed by atoms with Gasteiger partial charge in [0, 0.05) is 0 Å². The average molecular weight is 901 g/mol. The van der Waals surface area contributed by atoms with Crippen LogP contribution in [0.2, 0.25) is 0 Å². The van der Waals surface area contributed by atoms with E-state index >= 15 is 0 Å². The van der Waals surface area contributed by atoms with E-state index < -0.39 is 0 Å². The summed E-state index contributed by atoms with van der Waals surface area (Å²) < 4.78 is 5.30. The molecule has 0 fully saturated rings. The van der Waals surface area contributed by atoms with Crippen molar-refractivity contribution in [2.45, 2.75) is 0 Å². The first-order valence-electron chi connectivity index (χ1n) is 22.8. The van der Waals surface area contributed by atoms with E-state index in [2.05, 4.69) is 241 Å². The Kier molecular flexibility index (Phi) is 8.37. The van der Waals surface area contributed by atoms with Crippen LogP contribution < -0.4 is 0 Å². The van der Waals surface area contributed by atoms with Gasteiger partial charge >= 0.3 is 354 Å². The van der Waals surface area contributed by atoms with Gasteiger partial charge in [-0.3, -0.25) is 0 Å². The van der Waals surface area contributed by atoms with Crippen molar-refractivity contribution in [3.63, 3.8) is 0 Å². The molecular weight excluding hydrogens is 862 g/mol. The summed E-state index contributed by atoms with van der Waals surface area (Å²) in [6.45, 7) is 0. The van der Waals surface area contributed by atoms with Crippen molar-refractivity contribution in [3.05, 3.63) is 237 Å². The van der Waals surface area contributed by atoms with Gasteiger partial charge in [-0.05, 0) is 12.1 Å². The van der Waals surface area contributed by atoms with Gasteiger partial charge in [0.2, 0.25) is 0 Å². The van der Waals surface area contributed by atoms with Crippen molar-refractivity contribution < 1.29 is 0 Å². The molecule has 14 rings (SSSR count). The number of nitrogens with zero attached hydrogens (tertiary/aromatic N) is 1. The predicted octanol–water partition coefficient (Wildman–Crippen LogP) is 17.4. The Labute approximate surface area is 387 Å². The monoisotopic (exact) mass is 901 g/mol. The van der Waals surface area contributed by atoms with Gasteiger partial charge in [-0.2, -0.15) is 0 Å². The Morgan fingerprint density at radius 1 is 0.273 bits per heavy atom. The van der Waals surface area contributed by atoms with Gasteiger partial charge in [-0.15, -0.1) is 0 Å². The van der Waals surface area contributed by atoms with E-state index in [1.54, 1.807) is 0 Å². The second-order valence-electron chi connectivity index (χ2n) is 17.4. The molecule has 2 heterocycles. The number of para-hydroxylation sites is 2. The molecule has 0 unspecified atom stereocenters. The number of benzene rings is 12. The van der Waals surface area contributed by atoms with Crippen LogP contribution in [0.25, 0.3) is 134 Å². The van der Waals surface area contributed by atoms with Crippen LogP contribution >= 0.6 is 0 Å². The van der Waals surface area contributed by atoms with Crippen LogP contribution in [0.5, 0.6) is 0 Å². The third kappa shape index (κ3) is 5.47. The molecule has 0 saturated carbocycles. The zero-order chi connectivity index (χ0) is 43.3. The maximum atomic E-state index is 2.44. The molecule has 12 aromatic carbocycles. The SMILES string of the molecule is c1ccc(-c2c3ccccc3c(-c3cccc4[se]c5c(-c6c7ccccc7c(-c7ccc8c(c7)c7ccccc7n8-c7ccccc7)c7ccccc67)cccc5c34)c3ccccc23)cc1. The van der Waals surface area contributed by atoms with Gasteiger partial charge in [0.1, 0.15) is 0 Å². The molecule has 0 aliphatic heterocycles. The van der Waals surface area contributed by atoms with Crippen LogP contribution in [0.4, 0.5) is 0 Å². The first-order chi connectivity index (χ1) is 32.8. The molecule has 0 amide bonds. The summed E-state index contributed by atoms with van der Waals surface area (Å²) in [5, 5.41) is 15.5. The zero-order valence-corrected chi connectivity index (χ0v) is 37.6. The number of hydrogen-bond donors (Lipinski definition) is 0. The summed E-state index contributed by atoms with van der Waals surface area (Å²) in [5.74, 6) is 0. The summed E-state index contributed by atoms with van der Waals surface area (Å²) in [7, 11) is 0. The van der Waals surface area contributed by atoms with Crippen molar-refractivity contribution in [1.29, 1.82) is 0 Å². The molecule has 0 aliphatic carbocycles. The van der Waals surface area contributed by atoms with E-state index in [0.29, 0.717) is 0 Å². The molecule has 0 atom stereocenters. The molecular formula is C64H39NSe. The van der Waals surface area contributed by atoms with E-state index in [0.717, 1.165) is 0 Å². The Morgan fingerprint density at radius 2 is 0.712 bits per heavy atom. The normalized spacial score (nSPS) is 11.9. The quantitative estimate of drug-likeness (QED) is 0.120. The Hall–Kier alpha value is -8.00. The summed E-state index contributed by atoms with van der Waals surface area (Å²) in [4.78, 5) is 0. The van der Waals surface area contributed by atoms with Crippen LogP contribution in [-0.2, 0) is 0 Å². The number of rotatable bonds is 5. The Morgan fingerprint density at radius 3 is 1.32 bits per heavy atom. The molecule has 0 bridgehead atoms. The molecule has 0 radical (unpaired) electrons. The third-order valence-corrected chi connectivity index (χ3v) is 16.5. The molecule has 66 heavy (non-hydrogen) atoms. The fourth-order valence-electron chi connectivity index (χ4n) is 11.3. The first kappa shape index (κ1) is 37.4. The van der Waals surface area contributed by atoms with Crippen molar-refractivity contribution in [3.8, 4) is 50.2 Å². The van der Waals surface area contributed by atoms with Gasteiger partial charge in [0.05, 0.1) is 0 Å². The molecule has 0 saturated heterocycles. The van der Waals surface area contributed by atoms with Crippen LogP contribution in [0.3, 0.4) is 0 Å². The molecule has 2 heteroatoms. The molecule has 14 aromatic rings. The maximum absolute atomic E-state index is 2.44. The molecule has 2 aromatic heterocycles. The molecule has 1 nitrogen and oxygen atoms in total. The predicted molar refractivity (Wildman–Crippen MR) is 285 cm³/mol. The topological polar surface area (TPSA) is 4.93 Å². The molecule has 306 valence electrons. The summed E-state index contributed by atoms with van der Waals surface area (Å²) >= 11 is 0.0890. The second kappa shape index (κ2) is 14.8. The number of fused-ring (bicyclic) bond motifs is 10. The number of hydrogen-bond acceptors (Lipinski definition) is 0. The van der Waals surface area contributed by atoms with Gasteiger partial charge in [-0.1, -0.05) is 24.3 Å². The van der Waals surface area contributed by atoms with E-state index in [9.17, 15) is 0 Å². The van der Waals surface area contributed by atoms with E-state index in [-0.39, 0.29) is 14.5 Å². The van der Waals surface area contributed by atoms with Crippen LogP contribution in [0.15, 0.2) is 237 Å². The van der Waals surface area contributed by atoms with Crippen molar-refractivity contribution >= 4 is 98.7 Å². The van der Waals surface area contributed by atoms with Gasteiger partial charge in [-0.25, -0.2) is 0 Å².